The number of amides is 1. The monoisotopic (exact) mass is 372 g/mol. The fourth-order valence-electron chi connectivity index (χ4n) is 2.64. The normalized spacial score (nSPS) is 19.4. The van der Waals surface area contributed by atoms with Crippen molar-refractivity contribution >= 4 is 39.5 Å². The third-order valence-corrected chi connectivity index (χ3v) is 5.48. The van der Waals surface area contributed by atoms with Crippen molar-refractivity contribution in [3.63, 3.8) is 0 Å². The van der Waals surface area contributed by atoms with Gasteiger partial charge in [0.15, 0.2) is 0 Å². The van der Waals surface area contributed by atoms with Crippen LogP contribution in [0, 0.1) is 0 Å². The molecular formula is C15H21BrN2O2S. The van der Waals surface area contributed by atoms with Crippen LogP contribution < -0.4 is 0 Å². The molecule has 4 nitrogen and oxygen atoms in total. The second-order valence-corrected chi connectivity index (χ2v) is 7.83. The molecule has 1 aliphatic heterocycles. The maximum Gasteiger partial charge on any atom is 0.237 e. The first-order valence-corrected chi connectivity index (χ1v) is 8.96. The Hall–Kier alpha value is -0.720. The lowest BCUT2D eigenvalue weighted by molar-refractivity contribution is -0.134. The highest BCUT2D eigenvalue weighted by Gasteiger charge is 2.25. The molecule has 1 aromatic rings. The third kappa shape index (κ3) is 4.63. The predicted molar refractivity (Wildman–Crippen MR) is 88.4 cm³/mol. The van der Waals surface area contributed by atoms with E-state index in [-0.39, 0.29) is 11.9 Å². The molecule has 2 heterocycles. The highest BCUT2D eigenvalue weighted by molar-refractivity contribution is 9.11. The number of halogens is 1. The largest absolute Gasteiger partial charge is 0.337 e. The Morgan fingerprint density at radius 1 is 1.52 bits per heavy atom. The SMILES string of the molecule is CCN(Cc1ccc(Br)s1)C(=O)CN1CCCCC1C=O. The zero-order valence-electron chi connectivity index (χ0n) is 12.3. The molecule has 1 fully saturated rings. The van der Waals surface area contributed by atoms with E-state index < -0.39 is 0 Å². The number of hydrogen-bond acceptors (Lipinski definition) is 4. The second-order valence-electron chi connectivity index (χ2n) is 5.28. The number of likely N-dealkylation sites (N-methyl/N-ethyl adjacent to an activating group) is 1. The van der Waals surface area contributed by atoms with Gasteiger partial charge in [-0.3, -0.25) is 9.69 Å². The zero-order chi connectivity index (χ0) is 15.2. The lowest BCUT2D eigenvalue weighted by Gasteiger charge is -2.33. The van der Waals surface area contributed by atoms with Gasteiger partial charge in [-0.15, -0.1) is 11.3 Å². The average molecular weight is 373 g/mol. The summed E-state index contributed by atoms with van der Waals surface area (Å²) >= 11 is 5.10. The van der Waals surface area contributed by atoms with Crippen molar-refractivity contribution in [3.8, 4) is 0 Å². The standard InChI is InChI=1S/C15H21BrN2O2S/c1-2-17(9-13-6-7-14(16)21-13)15(20)10-18-8-4-3-5-12(18)11-19/h6-7,11-12H,2-5,8-10H2,1H3. The molecule has 2 rings (SSSR count). The maximum atomic E-state index is 12.5. The molecule has 0 bridgehead atoms. The first-order valence-electron chi connectivity index (χ1n) is 7.35. The maximum absolute atomic E-state index is 12.5. The molecule has 21 heavy (non-hydrogen) atoms. The molecule has 0 saturated carbocycles. The Kier molecular flexibility index (Phi) is 6.39. The van der Waals surface area contributed by atoms with Crippen LogP contribution in [0.15, 0.2) is 15.9 Å². The topological polar surface area (TPSA) is 40.6 Å². The van der Waals surface area contributed by atoms with Crippen LogP contribution in [-0.2, 0) is 16.1 Å². The molecule has 1 aliphatic rings. The van der Waals surface area contributed by atoms with Gasteiger partial charge in [0.25, 0.3) is 0 Å². The van der Waals surface area contributed by atoms with Gasteiger partial charge in [0.05, 0.1) is 22.9 Å². The summed E-state index contributed by atoms with van der Waals surface area (Å²) in [6, 6.07) is 3.96. The number of rotatable bonds is 6. The Balaban J connectivity index is 1.94. The fourth-order valence-corrected chi connectivity index (χ4v) is 4.14. The molecule has 1 aromatic heterocycles. The summed E-state index contributed by atoms with van der Waals surface area (Å²) in [7, 11) is 0. The third-order valence-electron chi connectivity index (χ3n) is 3.87. The lowest BCUT2D eigenvalue weighted by atomic mass is 10.0. The van der Waals surface area contributed by atoms with Gasteiger partial charge in [0.1, 0.15) is 6.29 Å². The van der Waals surface area contributed by atoms with Crippen molar-refractivity contribution in [2.75, 3.05) is 19.6 Å². The minimum absolute atomic E-state index is 0.0858. The van der Waals surface area contributed by atoms with Crippen LogP contribution in [0.3, 0.4) is 0 Å². The Morgan fingerprint density at radius 2 is 2.33 bits per heavy atom. The summed E-state index contributed by atoms with van der Waals surface area (Å²) in [5, 5.41) is 0. The van der Waals surface area contributed by atoms with Crippen LogP contribution in [0.2, 0.25) is 0 Å². The number of carbonyl (C=O) groups is 2. The molecule has 0 radical (unpaired) electrons. The van der Waals surface area contributed by atoms with Crippen LogP contribution >= 0.6 is 27.3 Å². The van der Waals surface area contributed by atoms with Gasteiger partial charge in [-0.2, -0.15) is 0 Å². The number of aldehydes is 1. The van der Waals surface area contributed by atoms with E-state index in [2.05, 4.69) is 15.9 Å². The summed E-state index contributed by atoms with van der Waals surface area (Å²) < 4.78 is 1.08. The molecular weight excluding hydrogens is 352 g/mol. The van der Waals surface area contributed by atoms with E-state index in [4.69, 9.17) is 0 Å². The summed E-state index contributed by atoms with van der Waals surface area (Å²) in [5.74, 6) is 0.107. The van der Waals surface area contributed by atoms with E-state index in [0.717, 1.165) is 35.9 Å². The summed E-state index contributed by atoms with van der Waals surface area (Å²) in [6.45, 7) is 4.52. The van der Waals surface area contributed by atoms with Gasteiger partial charge in [-0.05, 0) is 54.4 Å². The summed E-state index contributed by atoms with van der Waals surface area (Å²) in [6.07, 6.45) is 4.01. The van der Waals surface area contributed by atoms with E-state index in [1.807, 2.05) is 28.9 Å². The van der Waals surface area contributed by atoms with Gasteiger partial charge < -0.3 is 9.69 Å². The Bertz CT molecular complexity index is 492. The number of piperidine rings is 1. The zero-order valence-corrected chi connectivity index (χ0v) is 14.7. The van der Waals surface area contributed by atoms with Crippen LogP contribution in [0.4, 0.5) is 0 Å². The predicted octanol–water partition coefficient (Wildman–Crippen LogP) is 2.91. The van der Waals surface area contributed by atoms with Gasteiger partial charge in [-0.1, -0.05) is 6.42 Å². The smallest absolute Gasteiger partial charge is 0.237 e. The van der Waals surface area contributed by atoms with Crippen LogP contribution in [-0.4, -0.2) is 47.7 Å². The van der Waals surface area contributed by atoms with Crippen molar-refractivity contribution < 1.29 is 9.59 Å². The highest BCUT2D eigenvalue weighted by atomic mass is 79.9. The average Bonchev–Trinajstić information content (AvgIpc) is 2.90. The minimum atomic E-state index is -0.0858. The molecule has 1 atom stereocenters. The molecule has 0 aromatic carbocycles. The van der Waals surface area contributed by atoms with Crippen molar-refractivity contribution in [2.24, 2.45) is 0 Å². The van der Waals surface area contributed by atoms with E-state index in [0.29, 0.717) is 19.6 Å². The molecule has 1 amide bonds. The lowest BCUT2D eigenvalue weighted by Crippen LogP contribution is -2.47. The molecule has 6 heteroatoms. The van der Waals surface area contributed by atoms with Crippen molar-refractivity contribution in [1.82, 2.24) is 9.80 Å². The van der Waals surface area contributed by atoms with Gasteiger partial charge >= 0.3 is 0 Å². The fraction of sp³-hybridized carbons (Fsp3) is 0.600. The second kappa shape index (κ2) is 8.06. The number of nitrogens with zero attached hydrogens (tertiary/aromatic N) is 2. The van der Waals surface area contributed by atoms with Gasteiger partial charge in [-0.25, -0.2) is 0 Å². The van der Waals surface area contributed by atoms with Crippen molar-refractivity contribution in [3.05, 3.63) is 20.8 Å². The van der Waals surface area contributed by atoms with E-state index >= 15 is 0 Å². The Labute approximate surface area is 138 Å². The first kappa shape index (κ1) is 16.6. The van der Waals surface area contributed by atoms with E-state index in [1.54, 1.807) is 11.3 Å². The van der Waals surface area contributed by atoms with Gasteiger partial charge in [0.2, 0.25) is 5.91 Å². The molecule has 1 saturated heterocycles. The van der Waals surface area contributed by atoms with Crippen LogP contribution in [0.1, 0.15) is 31.1 Å². The number of carbonyl (C=O) groups excluding carboxylic acids is 2. The quantitative estimate of drug-likeness (QED) is 0.720. The van der Waals surface area contributed by atoms with Crippen LogP contribution in [0.25, 0.3) is 0 Å². The van der Waals surface area contributed by atoms with Crippen LogP contribution in [0.5, 0.6) is 0 Å². The highest BCUT2D eigenvalue weighted by Crippen LogP contribution is 2.23. The Morgan fingerprint density at radius 3 is 2.95 bits per heavy atom. The first-order chi connectivity index (χ1) is 10.1. The van der Waals surface area contributed by atoms with E-state index in [1.165, 1.54) is 4.88 Å². The number of hydrogen-bond donors (Lipinski definition) is 0. The molecule has 116 valence electrons. The van der Waals surface area contributed by atoms with Crippen molar-refractivity contribution in [1.29, 1.82) is 0 Å². The number of thiophene rings is 1. The molecule has 0 spiro atoms. The van der Waals surface area contributed by atoms with Gasteiger partial charge in [0, 0.05) is 11.4 Å². The summed E-state index contributed by atoms with van der Waals surface area (Å²) in [4.78, 5) is 28.6. The molecule has 0 aliphatic carbocycles. The number of likely N-dealkylation sites (tertiary alicyclic amines) is 1. The summed E-state index contributed by atoms with van der Waals surface area (Å²) in [5.41, 5.74) is 0. The van der Waals surface area contributed by atoms with E-state index in [9.17, 15) is 9.59 Å². The minimum Gasteiger partial charge on any atom is -0.337 e. The molecule has 0 N–H and O–H groups in total. The molecule has 1 unspecified atom stereocenters. The van der Waals surface area contributed by atoms with Crippen molar-refractivity contribution in [2.45, 2.75) is 38.8 Å².